The fourth-order valence-electron chi connectivity index (χ4n) is 2.83. The van der Waals surface area contributed by atoms with Crippen LogP contribution in [0.3, 0.4) is 0 Å². The van der Waals surface area contributed by atoms with Crippen molar-refractivity contribution in [2.24, 2.45) is 0 Å². The van der Waals surface area contributed by atoms with Crippen LogP contribution in [0.5, 0.6) is 0 Å². The van der Waals surface area contributed by atoms with Crippen molar-refractivity contribution in [1.82, 2.24) is 5.32 Å². The molecule has 0 fully saturated rings. The first-order valence-corrected chi connectivity index (χ1v) is 10.4. The molecule has 0 bridgehead atoms. The van der Waals surface area contributed by atoms with E-state index in [1.54, 1.807) is 0 Å². The van der Waals surface area contributed by atoms with E-state index in [2.05, 4.69) is 24.9 Å². The van der Waals surface area contributed by atoms with Gasteiger partial charge in [0, 0.05) is 5.75 Å². The lowest BCUT2D eigenvalue weighted by atomic mass is 10.0. The molecule has 0 aromatic heterocycles. The van der Waals surface area contributed by atoms with E-state index < -0.39 is 12.0 Å². The third kappa shape index (κ3) is 16.4. The highest BCUT2D eigenvalue weighted by molar-refractivity contribution is 7.80. The molecule has 0 saturated carbocycles. The van der Waals surface area contributed by atoms with E-state index in [9.17, 15) is 4.79 Å². The maximum absolute atomic E-state index is 10.8. The Morgan fingerprint density at radius 3 is 1.57 bits per heavy atom. The van der Waals surface area contributed by atoms with Crippen molar-refractivity contribution in [2.45, 2.75) is 103 Å². The van der Waals surface area contributed by atoms with Crippen LogP contribution >= 0.6 is 12.6 Å². The van der Waals surface area contributed by atoms with E-state index >= 15 is 0 Å². The lowest BCUT2D eigenvalue weighted by molar-refractivity contribution is -0.138. The van der Waals surface area contributed by atoms with Crippen LogP contribution in [-0.2, 0) is 4.79 Å². The van der Waals surface area contributed by atoms with Crippen molar-refractivity contribution in [3.63, 3.8) is 0 Å². The number of thiol groups is 1. The maximum atomic E-state index is 10.8. The van der Waals surface area contributed by atoms with Crippen LogP contribution in [0.15, 0.2) is 0 Å². The Kier molecular flexibility index (Phi) is 18.0. The van der Waals surface area contributed by atoms with Gasteiger partial charge in [0.1, 0.15) is 6.04 Å². The lowest BCUT2D eigenvalue weighted by Crippen LogP contribution is -2.38. The molecular weight excluding hydrogens is 306 g/mol. The summed E-state index contributed by atoms with van der Waals surface area (Å²) in [5.41, 5.74) is 0. The molecular formula is C19H39NO2S. The Bertz CT molecular complexity index is 262. The summed E-state index contributed by atoms with van der Waals surface area (Å²) in [6, 6.07) is -0.500. The summed E-state index contributed by atoms with van der Waals surface area (Å²) in [7, 11) is 0. The van der Waals surface area contributed by atoms with Crippen molar-refractivity contribution in [1.29, 1.82) is 0 Å². The van der Waals surface area contributed by atoms with Gasteiger partial charge >= 0.3 is 5.97 Å². The first kappa shape index (κ1) is 22.8. The monoisotopic (exact) mass is 345 g/mol. The minimum atomic E-state index is -0.801. The normalized spacial score (nSPS) is 12.4. The van der Waals surface area contributed by atoms with Crippen LogP contribution < -0.4 is 5.32 Å². The number of aliphatic carboxylic acids is 1. The molecule has 0 amide bonds. The van der Waals surface area contributed by atoms with Crippen LogP contribution in [0, 0.1) is 0 Å². The van der Waals surface area contributed by atoms with Crippen LogP contribution in [0.25, 0.3) is 0 Å². The molecule has 1 atom stereocenters. The van der Waals surface area contributed by atoms with Crippen LogP contribution in [-0.4, -0.2) is 29.4 Å². The number of rotatable bonds is 18. The summed E-state index contributed by atoms with van der Waals surface area (Å²) in [6.45, 7) is 3.06. The predicted molar refractivity (Wildman–Crippen MR) is 104 cm³/mol. The molecule has 0 aromatic rings. The second kappa shape index (κ2) is 18.1. The fourth-order valence-corrected chi connectivity index (χ4v) is 3.11. The summed E-state index contributed by atoms with van der Waals surface area (Å²) < 4.78 is 0. The molecule has 138 valence electrons. The standard InChI is InChI=1S/C19H39NO2S/c1-2-3-4-5-6-7-8-9-10-11-12-13-14-15-16-20-18(17-23)19(21)22/h18,20,23H,2-17H2,1H3,(H,21,22)/t18-/m0/s1. The van der Waals surface area contributed by atoms with Gasteiger partial charge in [-0.2, -0.15) is 12.6 Å². The van der Waals surface area contributed by atoms with E-state index in [1.165, 1.54) is 83.5 Å². The van der Waals surface area contributed by atoms with Gasteiger partial charge in [-0.05, 0) is 13.0 Å². The molecule has 0 saturated heterocycles. The Morgan fingerprint density at radius 1 is 0.826 bits per heavy atom. The van der Waals surface area contributed by atoms with Gasteiger partial charge in [0.25, 0.3) is 0 Å². The molecule has 0 aliphatic rings. The number of carboxylic acids is 1. The van der Waals surface area contributed by atoms with Gasteiger partial charge in [0.05, 0.1) is 0 Å². The number of hydrogen-bond donors (Lipinski definition) is 3. The van der Waals surface area contributed by atoms with E-state index in [0.29, 0.717) is 5.75 Å². The van der Waals surface area contributed by atoms with Gasteiger partial charge < -0.3 is 10.4 Å². The quantitative estimate of drug-likeness (QED) is 0.229. The van der Waals surface area contributed by atoms with Crippen molar-refractivity contribution in [2.75, 3.05) is 12.3 Å². The number of hydrogen-bond acceptors (Lipinski definition) is 3. The van der Waals surface area contributed by atoms with Crippen molar-refractivity contribution >= 4 is 18.6 Å². The summed E-state index contributed by atoms with van der Waals surface area (Å²) in [6.07, 6.45) is 18.9. The molecule has 4 heteroatoms. The fraction of sp³-hybridized carbons (Fsp3) is 0.947. The first-order valence-electron chi connectivity index (χ1n) is 9.79. The first-order chi connectivity index (χ1) is 11.2. The van der Waals surface area contributed by atoms with E-state index in [-0.39, 0.29) is 0 Å². The molecule has 0 radical (unpaired) electrons. The van der Waals surface area contributed by atoms with Crippen molar-refractivity contribution in [3.05, 3.63) is 0 Å². The zero-order valence-electron chi connectivity index (χ0n) is 15.2. The third-order valence-corrected chi connectivity index (χ3v) is 4.77. The highest BCUT2D eigenvalue weighted by Gasteiger charge is 2.13. The molecule has 2 N–H and O–H groups in total. The highest BCUT2D eigenvalue weighted by Crippen LogP contribution is 2.12. The second-order valence-electron chi connectivity index (χ2n) is 6.62. The predicted octanol–water partition coefficient (Wildman–Crippen LogP) is 5.44. The third-order valence-electron chi connectivity index (χ3n) is 4.40. The summed E-state index contributed by atoms with van der Waals surface area (Å²) in [5, 5.41) is 11.9. The zero-order valence-corrected chi connectivity index (χ0v) is 16.1. The van der Waals surface area contributed by atoms with Crippen LogP contribution in [0.2, 0.25) is 0 Å². The Labute approximate surface area is 149 Å². The molecule has 0 aliphatic carbocycles. The van der Waals surface area contributed by atoms with Crippen LogP contribution in [0.1, 0.15) is 96.8 Å². The number of nitrogens with one attached hydrogen (secondary N) is 1. The van der Waals surface area contributed by atoms with E-state index in [4.69, 9.17) is 5.11 Å². The Hall–Kier alpha value is -0.220. The number of carbonyl (C=O) groups is 1. The molecule has 3 nitrogen and oxygen atoms in total. The average Bonchev–Trinajstić information content (AvgIpc) is 2.54. The molecule has 0 spiro atoms. The van der Waals surface area contributed by atoms with Gasteiger partial charge in [-0.3, -0.25) is 4.79 Å². The number of carboxylic acid groups (broad SMARTS) is 1. The van der Waals surface area contributed by atoms with Gasteiger partial charge in [-0.25, -0.2) is 0 Å². The molecule has 0 rings (SSSR count). The molecule has 0 aliphatic heterocycles. The molecule has 0 aromatic carbocycles. The summed E-state index contributed by atoms with van der Waals surface area (Å²) in [4.78, 5) is 10.8. The summed E-state index contributed by atoms with van der Waals surface area (Å²) >= 11 is 4.04. The van der Waals surface area contributed by atoms with Crippen molar-refractivity contribution < 1.29 is 9.90 Å². The second-order valence-corrected chi connectivity index (χ2v) is 6.99. The van der Waals surface area contributed by atoms with E-state index in [0.717, 1.165) is 13.0 Å². The van der Waals surface area contributed by atoms with Gasteiger partial charge in [-0.1, -0.05) is 90.4 Å². The average molecular weight is 346 g/mol. The molecule has 0 heterocycles. The highest BCUT2D eigenvalue weighted by atomic mass is 32.1. The van der Waals surface area contributed by atoms with Crippen molar-refractivity contribution in [3.8, 4) is 0 Å². The zero-order chi connectivity index (χ0) is 17.2. The van der Waals surface area contributed by atoms with Gasteiger partial charge in [-0.15, -0.1) is 0 Å². The lowest BCUT2D eigenvalue weighted by Gasteiger charge is -2.11. The SMILES string of the molecule is CCCCCCCCCCCCCCCCN[C@@H](CS)C(=O)O. The smallest absolute Gasteiger partial charge is 0.321 e. The largest absolute Gasteiger partial charge is 0.480 e. The summed E-state index contributed by atoms with van der Waals surface area (Å²) in [5.74, 6) is -0.445. The van der Waals surface area contributed by atoms with Gasteiger partial charge in [0.2, 0.25) is 0 Å². The Balaban J connectivity index is 3.12. The Morgan fingerprint density at radius 2 is 1.22 bits per heavy atom. The van der Waals surface area contributed by atoms with Gasteiger partial charge in [0.15, 0.2) is 0 Å². The topological polar surface area (TPSA) is 49.3 Å². The minimum absolute atomic E-state index is 0.355. The van der Waals surface area contributed by atoms with Crippen LogP contribution in [0.4, 0.5) is 0 Å². The number of unbranched alkanes of at least 4 members (excludes halogenated alkanes) is 13. The maximum Gasteiger partial charge on any atom is 0.321 e. The molecule has 23 heavy (non-hydrogen) atoms. The molecule has 0 unspecified atom stereocenters. The van der Waals surface area contributed by atoms with E-state index in [1.807, 2.05) is 0 Å². The minimum Gasteiger partial charge on any atom is -0.480 e.